The molecule has 0 fully saturated rings. The summed E-state index contributed by atoms with van der Waals surface area (Å²) in [7, 11) is 0. The summed E-state index contributed by atoms with van der Waals surface area (Å²) in [4.78, 5) is 0. The summed E-state index contributed by atoms with van der Waals surface area (Å²) in [5.41, 5.74) is 0.460. The minimum atomic E-state index is -4.20. The number of nitrogens with zero attached hydrogens (tertiary/aromatic N) is 2. The van der Waals surface area contributed by atoms with Crippen molar-refractivity contribution in [3.63, 3.8) is 0 Å². The van der Waals surface area contributed by atoms with Crippen LogP contribution in [0.25, 0.3) is 0 Å². The van der Waals surface area contributed by atoms with Gasteiger partial charge in [0.2, 0.25) is 0 Å². The molecule has 0 aliphatic rings. The quantitative estimate of drug-likeness (QED) is 0.614. The van der Waals surface area contributed by atoms with Crippen LogP contribution in [0.4, 0.5) is 13.2 Å². The summed E-state index contributed by atoms with van der Waals surface area (Å²) in [6.45, 7) is 0.511. The molecule has 0 saturated carbocycles. The van der Waals surface area contributed by atoms with Crippen molar-refractivity contribution in [2.45, 2.75) is 19.6 Å². The highest BCUT2D eigenvalue weighted by Gasteiger charge is 2.28. The van der Waals surface area contributed by atoms with Gasteiger partial charge < -0.3 is 0 Å². The van der Waals surface area contributed by atoms with Crippen molar-refractivity contribution in [2.24, 2.45) is 0 Å². The average molecular weight is 163 g/mol. The lowest BCUT2D eigenvalue weighted by Gasteiger charge is -2.07. The highest BCUT2D eigenvalue weighted by molar-refractivity contribution is 4.95. The molecule has 1 aromatic heterocycles. The number of halogens is 3. The summed E-state index contributed by atoms with van der Waals surface area (Å²) in [5, 5.41) is 3.37. The molecule has 0 bridgehead atoms. The number of hydrogen-bond donors (Lipinski definition) is 0. The molecule has 2 nitrogen and oxygen atoms in total. The van der Waals surface area contributed by atoms with E-state index in [0.717, 1.165) is 4.68 Å². The van der Waals surface area contributed by atoms with Gasteiger partial charge in [0.25, 0.3) is 0 Å². The van der Waals surface area contributed by atoms with Gasteiger partial charge in [0, 0.05) is 5.69 Å². The smallest absolute Gasteiger partial charge is 0.260 e. The molecule has 61 valence electrons. The zero-order valence-electron chi connectivity index (χ0n) is 5.81. The van der Waals surface area contributed by atoms with Crippen molar-refractivity contribution in [2.75, 3.05) is 0 Å². The molecule has 0 aromatic carbocycles. The van der Waals surface area contributed by atoms with E-state index in [1.165, 1.54) is 6.07 Å². The first kappa shape index (κ1) is 8.10. The first-order valence-corrected chi connectivity index (χ1v) is 2.96. The lowest BCUT2D eigenvalue weighted by Crippen LogP contribution is -2.19. The normalized spacial score (nSPS) is 12.0. The highest BCUT2D eigenvalue weighted by Crippen LogP contribution is 2.17. The topological polar surface area (TPSA) is 17.8 Å². The lowest BCUT2D eigenvalue weighted by atomic mass is 10.5. The third-order valence-corrected chi connectivity index (χ3v) is 1.19. The maximum atomic E-state index is 11.7. The predicted molar refractivity (Wildman–Crippen MR) is 31.9 cm³/mol. The van der Waals surface area contributed by atoms with E-state index < -0.39 is 12.7 Å². The Bertz CT molecular complexity index is 238. The van der Waals surface area contributed by atoms with Crippen LogP contribution in [0.3, 0.4) is 0 Å². The minimum Gasteiger partial charge on any atom is -0.260 e. The Kier molecular flexibility index (Phi) is 1.89. The Balaban J connectivity index is 2.72. The van der Waals surface area contributed by atoms with Gasteiger partial charge in [-0.15, -0.1) is 0 Å². The molecule has 1 rings (SSSR count). The van der Waals surface area contributed by atoms with E-state index >= 15 is 0 Å². The minimum absolute atomic E-state index is 0.460. The Hall–Kier alpha value is -1.00. The van der Waals surface area contributed by atoms with Crippen LogP contribution in [0, 0.1) is 13.1 Å². The summed E-state index contributed by atoms with van der Waals surface area (Å²) in [6, 6.07) is 1.41. The lowest BCUT2D eigenvalue weighted by molar-refractivity contribution is -0.142. The first-order valence-electron chi connectivity index (χ1n) is 2.96. The van der Waals surface area contributed by atoms with Crippen LogP contribution in [0.2, 0.25) is 0 Å². The molecule has 0 saturated heterocycles. The molecule has 0 spiro atoms. The first-order chi connectivity index (χ1) is 4.99. The van der Waals surface area contributed by atoms with E-state index in [4.69, 9.17) is 0 Å². The molecule has 0 N–H and O–H groups in total. The fraction of sp³-hybridized carbons (Fsp3) is 0.500. The van der Waals surface area contributed by atoms with Gasteiger partial charge in [0.05, 0.1) is 0 Å². The molecule has 1 heterocycles. The van der Waals surface area contributed by atoms with Crippen molar-refractivity contribution < 1.29 is 13.2 Å². The summed E-state index contributed by atoms with van der Waals surface area (Å²) >= 11 is 0. The second-order valence-electron chi connectivity index (χ2n) is 2.19. The van der Waals surface area contributed by atoms with Crippen LogP contribution in [0.5, 0.6) is 0 Å². The second kappa shape index (κ2) is 2.56. The Morgan fingerprint density at radius 3 is 2.64 bits per heavy atom. The number of hydrogen-bond acceptors (Lipinski definition) is 1. The van der Waals surface area contributed by atoms with E-state index in [1.807, 2.05) is 0 Å². The van der Waals surface area contributed by atoms with Gasteiger partial charge in [0.15, 0.2) is 0 Å². The van der Waals surface area contributed by atoms with Crippen molar-refractivity contribution in [1.29, 1.82) is 0 Å². The maximum Gasteiger partial charge on any atom is 0.408 e. The molecular formula is C6H6F3N2. The summed E-state index contributed by atoms with van der Waals surface area (Å²) < 4.78 is 36.0. The van der Waals surface area contributed by atoms with Gasteiger partial charge in [-0.2, -0.15) is 18.3 Å². The molecule has 1 aromatic rings. The molecule has 0 aliphatic carbocycles. The molecule has 1 radical (unpaired) electrons. The molecule has 0 unspecified atom stereocenters. The Labute approximate surface area is 61.6 Å². The summed E-state index contributed by atoms with van der Waals surface area (Å²) in [5.74, 6) is 0. The fourth-order valence-corrected chi connectivity index (χ4v) is 0.675. The molecular weight excluding hydrogens is 157 g/mol. The molecule has 11 heavy (non-hydrogen) atoms. The van der Waals surface area contributed by atoms with Gasteiger partial charge in [0.1, 0.15) is 12.7 Å². The van der Waals surface area contributed by atoms with E-state index in [0.29, 0.717) is 5.69 Å². The standard InChI is InChI=1S/C6H6F3N2/c1-5-2-3-10-11(5)4-6(7,8)9/h2H,4H2,1H3. The number of aromatic nitrogens is 2. The molecule has 0 amide bonds. The van der Waals surface area contributed by atoms with Crippen molar-refractivity contribution in [1.82, 2.24) is 9.78 Å². The second-order valence-corrected chi connectivity index (χ2v) is 2.19. The zero-order chi connectivity index (χ0) is 8.48. The van der Waals surface area contributed by atoms with Gasteiger partial charge >= 0.3 is 6.18 Å². The van der Waals surface area contributed by atoms with E-state index in [-0.39, 0.29) is 0 Å². The number of alkyl halides is 3. The fourth-order valence-electron chi connectivity index (χ4n) is 0.675. The van der Waals surface area contributed by atoms with E-state index in [9.17, 15) is 13.2 Å². The monoisotopic (exact) mass is 163 g/mol. The van der Waals surface area contributed by atoms with Gasteiger partial charge in [-0.05, 0) is 13.0 Å². The number of aryl methyl sites for hydroxylation is 1. The highest BCUT2D eigenvalue weighted by atomic mass is 19.4. The van der Waals surface area contributed by atoms with Crippen LogP contribution in [-0.4, -0.2) is 16.0 Å². The largest absolute Gasteiger partial charge is 0.408 e. The van der Waals surface area contributed by atoms with Crippen LogP contribution in [-0.2, 0) is 6.54 Å². The maximum absolute atomic E-state index is 11.7. The van der Waals surface area contributed by atoms with Crippen molar-refractivity contribution >= 4 is 0 Å². The Morgan fingerprint density at radius 1 is 1.64 bits per heavy atom. The van der Waals surface area contributed by atoms with Crippen molar-refractivity contribution in [3.05, 3.63) is 18.0 Å². The van der Waals surface area contributed by atoms with E-state index in [1.54, 1.807) is 6.92 Å². The van der Waals surface area contributed by atoms with Gasteiger partial charge in [-0.1, -0.05) is 0 Å². The van der Waals surface area contributed by atoms with Gasteiger partial charge in [-0.25, -0.2) is 0 Å². The van der Waals surface area contributed by atoms with Crippen molar-refractivity contribution in [3.8, 4) is 0 Å². The number of rotatable bonds is 1. The summed E-state index contributed by atoms with van der Waals surface area (Å²) in [6.07, 6.45) is -1.87. The average Bonchev–Trinajstić information content (AvgIpc) is 2.12. The predicted octanol–water partition coefficient (Wildman–Crippen LogP) is 1.55. The molecule has 0 aliphatic heterocycles. The zero-order valence-corrected chi connectivity index (χ0v) is 5.81. The van der Waals surface area contributed by atoms with Crippen LogP contribution in [0.1, 0.15) is 5.69 Å². The van der Waals surface area contributed by atoms with E-state index in [2.05, 4.69) is 11.3 Å². The van der Waals surface area contributed by atoms with Crippen LogP contribution in [0.15, 0.2) is 6.07 Å². The third kappa shape index (κ3) is 2.25. The molecule has 5 heteroatoms. The van der Waals surface area contributed by atoms with Gasteiger partial charge in [-0.3, -0.25) is 4.68 Å². The Morgan fingerprint density at radius 2 is 2.27 bits per heavy atom. The third-order valence-electron chi connectivity index (χ3n) is 1.19. The van der Waals surface area contributed by atoms with Crippen LogP contribution >= 0.6 is 0 Å². The van der Waals surface area contributed by atoms with Crippen LogP contribution < -0.4 is 0 Å². The SMILES string of the molecule is Cc1c[c]nn1CC(F)(F)F. The molecule has 0 atom stereocenters.